The standard InChI is InChI=1S/C17H14ClFN4O2.C9H18/c1-8-15(18)9(2)23-16(20-8)12-6-22(7-13(12)21-23)17(25)11-4-3-10(19)5-14(11)24;1-3-4-9-6-5-8(2)7-9/h3-5,24H,6-7H2,1-2H3;8-9H,3-7H2,1-2H3. The van der Waals surface area contributed by atoms with E-state index >= 15 is 0 Å². The van der Waals surface area contributed by atoms with Crippen molar-refractivity contribution in [3.8, 4) is 5.75 Å². The molecule has 2 aromatic heterocycles. The van der Waals surface area contributed by atoms with E-state index in [1.165, 1.54) is 38.2 Å². The number of aryl methyl sites for hydroxylation is 2. The molecule has 34 heavy (non-hydrogen) atoms. The third-order valence-electron chi connectivity index (χ3n) is 6.93. The fourth-order valence-electron chi connectivity index (χ4n) is 5.11. The second-order valence-corrected chi connectivity index (χ2v) is 10.0. The second kappa shape index (κ2) is 9.90. The van der Waals surface area contributed by atoms with Crippen LogP contribution in [0.25, 0.3) is 5.65 Å². The molecule has 1 saturated carbocycles. The van der Waals surface area contributed by atoms with Gasteiger partial charge in [-0.05, 0) is 44.2 Å². The number of rotatable bonds is 3. The number of amides is 1. The number of carbonyl (C=O) groups is 1. The van der Waals surface area contributed by atoms with Crippen LogP contribution >= 0.6 is 11.6 Å². The zero-order valence-electron chi connectivity index (χ0n) is 20.2. The van der Waals surface area contributed by atoms with Crippen LogP contribution in [0.15, 0.2) is 18.2 Å². The molecule has 8 heteroatoms. The zero-order valence-corrected chi connectivity index (χ0v) is 21.0. The van der Waals surface area contributed by atoms with Gasteiger partial charge in [0.25, 0.3) is 5.91 Å². The summed E-state index contributed by atoms with van der Waals surface area (Å²) >= 11 is 6.22. The fourth-order valence-corrected chi connectivity index (χ4v) is 5.23. The number of benzene rings is 1. The van der Waals surface area contributed by atoms with Crippen molar-refractivity contribution in [2.24, 2.45) is 11.8 Å². The van der Waals surface area contributed by atoms with Crippen LogP contribution in [0.2, 0.25) is 5.02 Å². The molecule has 3 heterocycles. The molecule has 5 rings (SSSR count). The van der Waals surface area contributed by atoms with Crippen molar-refractivity contribution in [2.75, 3.05) is 0 Å². The molecule has 1 aliphatic carbocycles. The summed E-state index contributed by atoms with van der Waals surface area (Å²) in [5.41, 5.74) is 3.84. The quantitative estimate of drug-likeness (QED) is 0.476. The molecule has 0 spiro atoms. The van der Waals surface area contributed by atoms with E-state index in [1.54, 1.807) is 9.42 Å². The number of phenolic OH excluding ortho intramolecular Hbond substituents is 1. The highest BCUT2D eigenvalue weighted by Gasteiger charge is 2.31. The molecule has 1 aliphatic heterocycles. The van der Waals surface area contributed by atoms with Crippen molar-refractivity contribution in [1.29, 1.82) is 0 Å². The lowest BCUT2D eigenvalue weighted by molar-refractivity contribution is 0.0746. The van der Waals surface area contributed by atoms with Gasteiger partial charge >= 0.3 is 0 Å². The van der Waals surface area contributed by atoms with E-state index in [0.29, 0.717) is 29.5 Å². The lowest BCUT2D eigenvalue weighted by atomic mass is 10.0. The maximum atomic E-state index is 13.1. The molecule has 1 amide bonds. The van der Waals surface area contributed by atoms with Gasteiger partial charge in [-0.2, -0.15) is 5.10 Å². The summed E-state index contributed by atoms with van der Waals surface area (Å²) in [5.74, 6) is 0.770. The van der Waals surface area contributed by atoms with Crippen molar-refractivity contribution in [1.82, 2.24) is 19.5 Å². The van der Waals surface area contributed by atoms with Crippen molar-refractivity contribution < 1.29 is 14.3 Å². The van der Waals surface area contributed by atoms with Crippen LogP contribution < -0.4 is 0 Å². The minimum Gasteiger partial charge on any atom is -0.507 e. The lowest BCUT2D eigenvalue weighted by Gasteiger charge is -2.16. The number of nitrogens with zero attached hydrogens (tertiary/aromatic N) is 4. The Morgan fingerprint density at radius 1 is 1.26 bits per heavy atom. The molecule has 1 fully saturated rings. The van der Waals surface area contributed by atoms with Crippen molar-refractivity contribution >= 4 is 23.2 Å². The molecular formula is C26H32ClFN4O2. The number of hydrogen-bond acceptors (Lipinski definition) is 4. The van der Waals surface area contributed by atoms with Crippen molar-refractivity contribution in [3.05, 3.63) is 57.2 Å². The summed E-state index contributed by atoms with van der Waals surface area (Å²) in [7, 11) is 0. The molecule has 0 bridgehead atoms. The van der Waals surface area contributed by atoms with Gasteiger partial charge in [-0.3, -0.25) is 4.79 Å². The Morgan fingerprint density at radius 3 is 2.68 bits per heavy atom. The van der Waals surface area contributed by atoms with Crippen molar-refractivity contribution in [2.45, 2.75) is 72.9 Å². The summed E-state index contributed by atoms with van der Waals surface area (Å²) in [4.78, 5) is 18.7. The Kier molecular flexibility index (Phi) is 7.12. The Balaban J connectivity index is 0.000000257. The van der Waals surface area contributed by atoms with E-state index in [9.17, 15) is 14.3 Å². The molecule has 2 atom stereocenters. The second-order valence-electron chi connectivity index (χ2n) is 9.65. The number of fused-ring (bicyclic) bond motifs is 3. The van der Waals surface area contributed by atoms with Crippen LogP contribution in [0.5, 0.6) is 5.75 Å². The lowest BCUT2D eigenvalue weighted by Crippen LogP contribution is -2.26. The summed E-state index contributed by atoms with van der Waals surface area (Å²) in [5, 5.41) is 14.9. The van der Waals surface area contributed by atoms with Gasteiger partial charge in [-0.15, -0.1) is 0 Å². The average Bonchev–Trinajstić information content (AvgIpc) is 3.48. The van der Waals surface area contributed by atoms with Gasteiger partial charge < -0.3 is 10.0 Å². The van der Waals surface area contributed by atoms with E-state index in [2.05, 4.69) is 23.9 Å². The predicted molar refractivity (Wildman–Crippen MR) is 131 cm³/mol. The number of aromatic nitrogens is 3. The molecule has 2 unspecified atom stereocenters. The maximum Gasteiger partial charge on any atom is 0.258 e. The van der Waals surface area contributed by atoms with Crippen LogP contribution in [0.1, 0.15) is 79.0 Å². The topological polar surface area (TPSA) is 70.7 Å². The molecule has 2 aliphatic rings. The van der Waals surface area contributed by atoms with Crippen LogP contribution in [0, 0.1) is 31.5 Å². The van der Waals surface area contributed by atoms with Gasteiger partial charge in [0.1, 0.15) is 11.6 Å². The number of aromatic hydroxyl groups is 1. The van der Waals surface area contributed by atoms with E-state index in [1.807, 2.05) is 13.8 Å². The summed E-state index contributed by atoms with van der Waals surface area (Å²) in [6.07, 6.45) is 7.37. The first-order valence-electron chi connectivity index (χ1n) is 12.0. The highest BCUT2D eigenvalue weighted by Crippen LogP contribution is 2.33. The Labute approximate surface area is 204 Å². The third-order valence-corrected chi connectivity index (χ3v) is 7.48. The van der Waals surface area contributed by atoms with Gasteiger partial charge in [0.15, 0.2) is 5.65 Å². The normalized spacial score (nSPS) is 19.3. The monoisotopic (exact) mass is 486 g/mol. The maximum absolute atomic E-state index is 13.1. The zero-order chi connectivity index (χ0) is 24.6. The highest BCUT2D eigenvalue weighted by molar-refractivity contribution is 6.31. The summed E-state index contributed by atoms with van der Waals surface area (Å²) in [6.45, 7) is 8.99. The number of carbonyl (C=O) groups excluding carboxylic acids is 1. The van der Waals surface area contributed by atoms with Crippen LogP contribution in [0.4, 0.5) is 4.39 Å². The number of halogens is 2. The van der Waals surface area contributed by atoms with Crippen LogP contribution in [-0.4, -0.2) is 30.5 Å². The molecule has 0 radical (unpaired) electrons. The third kappa shape index (κ3) is 4.76. The predicted octanol–water partition coefficient (Wildman–Crippen LogP) is 6.22. The first-order chi connectivity index (χ1) is 16.2. The minimum absolute atomic E-state index is 0.0619. The molecule has 1 aromatic carbocycles. The molecule has 0 saturated heterocycles. The largest absolute Gasteiger partial charge is 0.507 e. The molecule has 6 nitrogen and oxygen atoms in total. The van der Waals surface area contributed by atoms with Gasteiger partial charge in [-0.1, -0.05) is 51.1 Å². The Bertz CT molecular complexity index is 1220. The van der Waals surface area contributed by atoms with Gasteiger partial charge in [-0.25, -0.2) is 13.9 Å². The van der Waals surface area contributed by atoms with Crippen molar-refractivity contribution in [3.63, 3.8) is 0 Å². The van der Waals surface area contributed by atoms with Crippen LogP contribution in [-0.2, 0) is 13.1 Å². The fraction of sp³-hybridized carbons (Fsp3) is 0.500. The summed E-state index contributed by atoms with van der Waals surface area (Å²) in [6, 6.07) is 3.36. The molecule has 1 N–H and O–H groups in total. The number of hydrogen-bond donors (Lipinski definition) is 1. The van der Waals surface area contributed by atoms with E-state index in [4.69, 9.17) is 11.6 Å². The van der Waals surface area contributed by atoms with Gasteiger partial charge in [0, 0.05) is 11.6 Å². The average molecular weight is 487 g/mol. The Morgan fingerprint density at radius 2 is 2.03 bits per heavy atom. The smallest absolute Gasteiger partial charge is 0.258 e. The van der Waals surface area contributed by atoms with E-state index < -0.39 is 5.82 Å². The molecular weight excluding hydrogens is 455 g/mol. The summed E-state index contributed by atoms with van der Waals surface area (Å²) < 4.78 is 14.8. The van der Waals surface area contributed by atoms with Crippen LogP contribution in [0.3, 0.4) is 0 Å². The first-order valence-corrected chi connectivity index (χ1v) is 12.4. The SMILES string of the molecule is CCCC1CCC(C)C1.Cc1nc2c3c(nn2c(C)c1Cl)CN(C(=O)c1ccc(F)cc1O)C3. The Hall–Kier alpha value is -2.67. The van der Waals surface area contributed by atoms with Gasteiger partial charge in [0.05, 0.1) is 40.8 Å². The highest BCUT2D eigenvalue weighted by atomic mass is 35.5. The van der Waals surface area contributed by atoms with Gasteiger partial charge in [0.2, 0.25) is 0 Å². The minimum atomic E-state index is -0.594. The molecule has 182 valence electrons. The van der Waals surface area contributed by atoms with E-state index in [0.717, 1.165) is 40.9 Å². The van der Waals surface area contributed by atoms with E-state index in [-0.39, 0.29) is 17.2 Å². The molecule has 3 aromatic rings. The first kappa shape index (κ1) is 24.5. The number of phenols is 1.